The van der Waals surface area contributed by atoms with Gasteiger partial charge in [-0.3, -0.25) is 10.1 Å². The van der Waals surface area contributed by atoms with Gasteiger partial charge in [0.1, 0.15) is 5.82 Å². The van der Waals surface area contributed by atoms with Crippen LogP contribution in [0.2, 0.25) is 0 Å². The monoisotopic (exact) mass is 257 g/mol. The van der Waals surface area contributed by atoms with E-state index in [-0.39, 0.29) is 5.75 Å². The van der Waals surface area contributed by atoms with Crippen LogP contribution in [-0.4, -0.2) is 24.7 Å². The third kappa shape index (κ3) is 4.31. The number of nitrogens with two attached hydrogens (primary N) is 1. The summed E-state index contributed by atoms with van der Waals surface area (Å²) in [6.45, 7) is 0. The molecule has 1 rings (SSSR count). The molecule has 3 amide bonds. The summed E-state index contributed by atoms with van der Waals surface area (Å²) in [6.07, 6.45) is 0. The highest BCUT2D eigenvalue weighted by Crippen LogP contribution is 2.25. The van der Waals surface area contributed by atoms with E-state index >= 15 is 0 Å². The van der Waals surface area contributed by atoms with Crippen LogP contribution < -0.4 is 16.4 Å². The number of hydrogen-bond donors (Lipinski definition) is 3. The highest BCUT2D eigenvalue weighted by molar-refractivity contribution is 8.00. The van der Waals surface area contributed by atoms with E-state index < -0.39 is 17.8 Å². The Labute approximate surface area is 102 Å². The van der Waals surface area contributed by atoms with Crippen LogP contribution in [-0.2, 0) is 4.79 Å². The molecule has 0 bridgehead atoms. The molecule has 0 saturated heterocycles. The van der Waals surface area contributed by atoms with Crippen molar-refractivity contribution in [1.82, 2.24) is 10.6 Å². The van der Waals surface area contributed by atoms with Crippen LogP contribution in [0.4, 0.5) is 14.9 Å². The molecule has 0 saturated carbocycles. The number of halogens is 1. The van der Waals surface area contributed by atoms with Crippen LogP contribution in [0.3, 0.4) is 0 Å². The number of rotatable bonds is 3. The second kappa shape index (κ2) is 6.09. The second-order valence-electron chi connectivity index (χ2n) is 3.10. The molecule has 7 heteroatoms. The van der Waals surface area contributed by atoms with Crippen molar-refractivity contribution >= 4 is 29.4 Å². The van der Waals surface area contributed by atoms with Gasteiger partial charge >= 0.3 is 6.03 Å². The maximum Gasteiger partial charge on any atom is 0.321 e. The van der Waals surface area contributed by atoms with Gasteiger partial charge < -0.3 is 11.1 Å². The van der Waals surface area contributed by atoms with E-state index in [0.29, 0.717) is 10.6 Å². The molecule has 0 atom stereocenters. The van der Waals surface area contributed by atoms with Gasteiger partial charge in [-0.25, -0.2) is 9.18 Å². The lowest BCUT2D eigenvalue weighted by molar-refractivity contribution is -0.117. The lowest BCUT2D eigenvalue weighted by Gasteiger charge is -2.05. The molecule has 0 fully saturated rings. The van der Waals surface area contributed by atoms with Crippen molar-refractivity contribution in [3.63, 3.8) is 0 Å². The van der Waals surface area contributed by atoms with E-state index in [4.69, 9.17) is 5.73 Å². The van der Waals surface area contributed by atoms with Gasteiger partial charge in [0.25, 0.3) is 0 Å². The van der Waals surface area contributed by atoms with Gasteiger partial charge in [0.2, 0.25) is 5.91 Å². The van der Waals surface area contributed by atoms with Crippen molar-refractivity contribution in [2.75, 3.05) is 18.5 Å². The Morgan fingerprint density at radius 2 is 2.18 bits per heavy atom. The van der Waals surface area contributed by atoms with Crippen molar-refractivity contribution in [2.24, 2.45) is 0 Å². The third-order valence-electron chi connectivity index (χ3n) is 1.81. The van der Waals surface area contributed by atoms with Gasteiger partial charge in [-0.1, -0.05) is 0 Å². The fraction of sp³-hybridized carbons (Fsp3) is 0.200. The number of thioether (sulfide) groups is 1. The standard InChI is InChI=1S/C10H12FN3O2S/c1-13-10(16)14-9(15)5-17-8-4-6(11)2-3-7(8)12/h2-4H,5,12H2,1H3,(H2,13,14,15,16). The van der Waals surface area contributed by atoms with Gasteiger partial charge in [0.05, 0.1) is 5.75 Å². The maximum absolute atomic E-state index is 12.9. The summed E-state index contributed by atoms with van der Waals surface area (Å²) in [4.78, 5) is 22.5. The molecule has 0 aliphatic carbocycles. The predicted molar refractivity (Wildman–Crippen MR) is 64.1 cm³/mol. The summed E-state index contributed by atoms with van der Waals surface area (Å²) in [7, 11) is 1.40. The first kappa shape index (κ1) is 13.3. The van der Waals surface area contributed by atoms with E-state index in [1.165, 1.54) is 25.2 Å². The molecule has 0 unspecified atom stereocenters. The number of amides is 3. The minimum Gasteiger partial charge on any atom is -0.398 e. The summed E-state index contributed by atoms with van der Waals surface area (Å²) in [6, 6.07) is 3.33. The van der Waals surface area contributed by atoms with Crippen molar-refractivity contribution in [3.05, 3.63) is 24.0 Å². The van der Waals surface area contributed by atoms with Crippen LogP contribution in [0.1, 0.15) is 0 Å². The Morgan fingerprint density at radius 1 is 1.47 bits per heavy atom. The Hall–Kier alpha value is -1.76. The molecule has 4 N–H and O–H groups in total. The predicted octanol–water partition coefficient (Wildman–Crippen LogP) is 0.956. The number of urea groups is 1. The van der Waals surface area contributed by atoms with Gasteiger partial charge in [-0.15, -0.1) is 11.8 Å². The Bertz CT molecular complexity index is 440. The summed E-state index contributed by atoms with van der Waals surface area (Å²) < 4.78 is 12.9. The Balaban J connectivity index is 2.53. The molecule has 0 aliphatic rings. The normalized spacial score (nSPS) is 9.76. The van der Waals surface area contributed by atoms with Crippen LogP contribution in [0, 0.1) is 5.82 Å². The highest BCUT2D eigenvalue weighted by atomic mass is 32.2. The lowest BCUT2D eigenvalue weighted by atomic mass is 10.3. The molecule has 0 radical (unpaired) electrons. The highest BCUT2D eigenvalue weighted by Gasteiger charge is 2.08. The van der Waals surface area contributed by atoms with Crippen LogP contribution >= 0.6 is 11.8 Å². The third-order valence-corrected chi connectivity index (χ3v) is 2.89. The van der Waals surface area contributed by atoms with Crippen molar-refractivity contribution in [3.8, 4) is 0 Å². The van der Waals surface area contributed by atoms with Gasteiger partial charge in [0.15, 0.2) is 0 Å². The largest absolute Gasteiger partial charge is 0.398 e. The first-order valence-corrected chi connectivity index (χ1v) is 5.71. The van der Waals surface area contributed by atoms with Crippen LogP contribution in [0.15, 0.2) is 23.1 Å². The van der Waals surface area contributed by atoms with Crippen molar-refractivity contribution in [1.29, 1.82) is 0 Å². The second-order valence-corrected chi connectivity index (χ2v) is 4.12. The Morgan fingerprint density at radius 3 is 2.82 bits per heavy atom. The summed E-state index contributed by atoms with van der Waals surface area (Å²) in [5.74, 6) is -0.910. The first-order chi connectivity index (χ1) is 8.02. The minimum atomic E-state index is -0.581. The summed E-state index contributed by atoms with van der Waals surface area (Å²) in [5, 5.41) is 4.34. The number of carbonyl (C=O) groups excluding carboxylic acids is 2. The van der Waals surface area contributed by atoms with Gasteiger partial charge in [-0.2, -0.15) is 0 Å². The maximum atomic E-state index is 12.9. The molecule has 17 heavy (non-hydrogen) atoms. The van der Waals surface area contributed by atoms with Crippen LogP contribution in [0.25, 0.3) is 0 Å². The topological polar surface area (TPSA) is 84.2 Å². The van der Waals surface area contributed by atoms with Crippen LogP contribution in [0.5, 0.6) is 0 Å². The van der Waals surface area contributed by atoms with Crippen molar-refractivity contribution in [2.45, 2.75) is 4.90 Å². The minimum absolute atomic E-state index is 0.0128. The molecule has 5 nitrogen and oxygen atoms in total. The smallest absolute Gasteiger partial charge is 0.321 e. The summed E-state index contributed by atoms with van der Waals surface area (Å²) in [5.41, 5.74) is 6.00. The molecule has 0 aromatic heterocycles. The van der Waals surface area contributed by atoms with E-state index in [9.17, 15) is 14.0 Å². The number of nitrogen functional groups attached to an aromatic ring is 1. The number of benzene rings is 1. The molecule has 0 heterocycles. The molecular formula is C10H12FN3O2S. The average Bonchev–Trinajstić information content (AvgIpc) is 2.30. The molecule has 0 aliphatic heterocycles. The average molecular weight is 257 g/mol. The van der Waals surface area contributed by atoms with Gasteiger partial charge in [-0.05, 0) is 18.2 Å². The number of hydrogen-bond acceptors (Lipinski definition) is 4. The Kier molecular flexibility index (Phi) is 4.77. The molecule has 1 aromatic rings. The molecular weight excluding hydrogens is 245 g/mol. The van der Waals surface area contributed by atoms with Crippen molar-refractivity contribution < 1.29 is 14.0 Å². The number of imide groups is 1. The summed E-state index contributed by atoms with van der Waals surface area (Å²) >= 11 is 1.06. The fourth-order valence-electron chi connectivity index (χ4n) is 1.00. The van der Waals surface area contributed by atoms with E-state index in [2.05, 4.69) is 10.6 Å². The zero-order valence-electron chi connectivity index (χ0n) is 9.12. The first-order valence-electron chi connectivity index (χ1n) is 4.72. The van der Waals surface area contributed by atoms with E-state index in [0.717, 1.165) is 11.8 Å². The van der Waals surface area contributed by atoms with Gasteiger partial charge in [0, 0.05) is 17.6 Å². The lowest BCUT2D eigenvalue weighted by Crippen LogP contribution is -2.38. The SMILES string of the molecule is CNC(=O)NC(=O)CSc1cc(F)ccc1N. The molecule has 1 aromatic carbocycles. The zero-order valence-corrected chi connectivity index (χ0v) is 9.94. The van der Waals surface area contributed by atoms with E-state index in [1.807, 2.05) is 0 Å². The number of nitrogens with one attached hydrogen (secondary N) is 2. The molecule has 92 valence electrons. The molecule has 0 spiro atoms. The quantitative estimate of drug-likeness (QED) is 0.556. The number of carbonyl (C=O) groups is 2. The zero-order chi connectivity index (χ0) is 12.8. The number of anilines is 1. The fourth-order valence-corrected chi connectivity index (χ4v) is 1.79. The van der Waals surface area contributed by atoms with E-state index in [1.54, 1.807) is 0 Å².